The lowest BCUT2D eigenvalue weighted by Gasteiger charge is -2.33. The van der Waals surface area contributed by atoms with Crippen molar-refractivity contribution in [2.45, 2.75) is 52.1 Å². The van der Waals surface area contributed by atoms with Crippen molar-refractivity contribution >= 4 is 11.6 Å². The molecule has 0 bridgehead atoms. The van der Waals surface area contributed by atoms with E-state index in [2.05, 4.69) is 17.9 Å². The minimum absolute atomic E-state index is 0.114. The number of ether oxygens (including phenoxy) is 1. The van der Waals surface area contributed by atoms with Crippen molar-refractivity contribution in [3.63, 3.8) is 0 Å². The van der Waals surface area contributed by atoms with Crippen LogP contribution in [0.3, 0.4) is 0 Å². The number of nitrogens with two attached hydrogens (primary N) is 2. The van der Waals surface area contributed by atoms with Gasteiger partial charge in [0, 0.05) is 13.0 Å². The molecule has 1 heterocycles. The number of hydrogen-bond acceptors (Lipinski definition) is 4. The van der Waals surface area contributed by atoms with Gasteiger partial charge in [0.25, 0.3) is 0 Å². The maximum absolute atomic E-state index is 10.9. The van der Waals surface area contributed by atoms with Crippen LogP contribution in [0.2, 0.25) is 0 Å². The van der Waals surface area contributed by atoms with Gasteiger partial charge in [-0.3, -0.25) is 4.79 Å². The topological polar surface area (TPSA) is 81.6 Å². The number of amides is 1. The number of nitrogens with zero attached hydrogens (tertiary/aromatic N) is 1. The number of rotatable bonds is 6. The van der Waals surface area contributed by atoms with E-state index in [1.54, 1.807) is 0 Å². The van der Waals surface area contributed by atoms with Crippen molar-refractivity contribution in [3.8, 4) is 5.75 Å². The van der Waals surface area contributed by atoms with E-state index in [0.29, 0.717) is 18.0 Å². The number of primary amides is 1. The Morgan fingerprint density at radius 1 is 1.35 bits per heavy atom. The summed E-state index contributed by atoms with van der Waals surface area (Å²) in [5, 5.41) is 0. The van der Waals surface area contributed by atoms with E-state index in [-0.39, 0.29) is 12.0 Å². The summed E-state index contributed by atoms with van der Waals surface area (Å²) in [7, 11) is 0. The lowest BCUT2D eigenvalue weighted by Crippen LogP contribution is -2.35. The number of carbonyl (C=O) groups is 1. The van der Waals surface area contributed by atoms with Crippen LogP contribution >= 0.6 is 0 Å². The molecule has 1 aromatic carbocycles. The fourth-order valence-corrected chi connectivity index (χ4v) is 3.26. The Bertz CT molecular complexity index is 549. The van der Waals surface area contributed by atoms with Gasteiger partial charge in [0.1, 0.15) is 5.75 Å². The third-order valence-electron chi connectivity index (χ3n) is 4.46. The fourth-order valence-electron chi connectivity index (χ4n) is 3.26. The van der Waals surface area contributed by atoms with Gasteiger partial charge in [-0.15, -0.1) is 0 Å². The molecule has 1 aromatic rings. The highest BCUT2D eigenvalue weighted by atomic mass is 16.5. The van der Waals surface area contributed by atoms with Crippen LogP contribution in [0.1, 0.15) is 50.2 Å². The molecule has 5 nitrogen and oxygen atoms in total. The molecule has 1 fully saturated rings. The fraction of sp³-hybridized carbons (Fsp3) is 0.611. The summed E-state index contributed by atoms with van der Waals surface area (Å²) in [5.41, 5.74) is 14.6. The Morgan fingerprint density at radius 3 is 2.57 bits per heavy atom. The molecule has 0 unspecified atom stereocenters. The van der Waals surface area contributed by atoms with Crippen molar-refractivity contribution in [3.05, 3.63) is 23.3 Å². The zero-order valence-corrected chi connectivity index (χ0v) is 14.5. The van der Waals surface area contributed by atoms with E-state index in [0.717, 1.165) is 38.2 Å². The highest BCUT2D eigenvalue weighted by Crippen LogP contribution is 2.35. The molecule has 128 valence electrons. The minimum atomic E-state index is -0.225. The molecule has 1 saturated heterocycles. The maximum atomic E-state index is 10.9. The predicted molar refractivity (Wildman–Crippen MR) is 93.6 cm³/mol. The van der Waals surface area contributed by atoms with Gasteiger partial charge >= 0.3 is 0 Å². The maximum Gasteiger partial charge on any atom is 0.218 e. The van der Waals surface area contributed by atoms with Gasteiger partial charge in [-0.2, -0.15) is 0 Å². The summed E-state index contributed by atoms with van der Waals surface area (Å²) >= 11 is 0. The van der Waals surface area contributed by atoms with Crippen LogP contribution in [0.5, 0.6) is 5.75 Å². The van der Waals surface area contributed by atoms with Gasteiger partial charge in [-0.1, -0.05) is 0 Å². The summed E-state index contributed by atoms with van der Waals surface area (Å²) in [6.07, 6.45) is 2.73. The standard InChI is InChI=1S/C18H29N3O2/c1-12(2)23-17-11-15(13(3)10-16(17)19)14-4-7-21(8-5-14)9-6-18(20)22/h10-12,14H,4-9,19H2,1-3H3,(H2,20,22). The molecule has 1 aliphatic rings. The van der Waals surface area contributed by atoms with Crippen LogP contribution in [-0.2, 0) is 4.79 Å². The Labute approximate surface area is 139 Å². The first-order valence-corrected chi connectivity index (χ1v) is 8.44. The minimum Gasteiger partial charge on any atom is -0.489 e. The largest absolute Gasteiger partial charge is 0.489 e. The number of hydrogen-bond donors (Lipinski definition) is 2. The number of likely N-dealkylation sites (tertiary alicyclic amines) is 1. The van der Waals surface area contributed by atoms with E-state index in [4.69, 9.17) is 16.2 Å². The number of carbonyl (C=O) groups excluding carboxylic acids is 1. The highest BCUT2D eigenvalue weighted by molar-refractivity contribution is 5.73. The first-order chi connectivity index (χ1) is 10.9. The second-order valence-electron chi connectivity index (χ2n) is 6.75. The summed E-state index contributed by atoms with van der Waals surface area (Å²) in [4.78, 5) is 13.2. The first-order valence-electron chi connectivity index (χ1n) is 8.44. The second kappa shape index (κ2) is 7.68. The highest BCUT2D eigenvalue weighted by Gasteiger charge is 2.23. The van der Waals surface area contributed by atoms with Gasteiger partial charge in [0.2, 0.25) is 5.91 Å². The SMILES string of the molecule is Cc1cc(N)c(OC(C)C)cc1C1CCN(CCC(N)=O)CC1. The van der Waals surface area contributed by atoms with Crippen LogP contribution in [0.4, 0.5) is 5.69 Å². The number of benzene rings is 1. The zero-order chi connectivity index (χ0) is 17.0. The monoisotopic (exact) mass is 319 g/mol. The van der Waals surface area contributed by atoms with Crippen molar-refractivity contribution in [2.75, 3.05) is 25.4 Å². The van der Waals surface area contributed by atoms with Gasteiger partial charge in [-0.25, -0.2) is 0 Å². The second-order valence-corrected chi connectivity index (χ2v) is 6.75. The molecule has 0 saturated carbocycles. The van der Waals surface area contributed by atoms with E-state index >= 15 is 0 Å². The lowest BCUT2D eigenvalue weighted by atomic mass is 9.86. The molecular weight excluding hydrogens is 290 g/mol. The molecule has 0 radical (unpaired) electrons. The average Bonchev–Trinajstić information content (AvgIpc) is 2.48. The number of piperidine rings is 1. The molecule has 0 aliphatic carbocycles. The van der Waals surface area contributed by atoms with E-state index in [1.165, 1.54) is 11.1 Å². The van der Waals surface area contributed by atoms with Gasteiger partial charge in [0.15, 0.2) is 0 Å². The molecule has 0 atom stereocenters. The molecule has 0 spiro atoms. The summed E-state index contributed by atoms with van der Waals surface area (Å²) in [6.45, 7) is 8.91. The van der Waals surface area contributed by atoms with E-state index in [1.807, 2.05) is 19.9 Å². The van der Waals surface area contributed by atoms with Crippen molar-refractivity contribution in [2.24, 2.45) is 5.73 Å². The van der Waals surface area contributed by atoms with Gasteiger partial charge in [0.05, 0.1) is 11.8 Å². The normalized spacial score (nSPS) is 16.7. The van der Waals surface area contributed by atoms with Gasteiger partial charge in [-0.05, 0) is 75.9 Å². The first kappa shape index (κ1) is 17.6. The molecular formula is C18H29N3O2. The Morgan fingerprint density at radius 2 is 2.00 bits per heavy atom. The van der Waals surface area contributed by atoms with Crippen molar-refractivity contribution in [1.29, 1.82) is 0 Å². The van der Waals surface area contributed by atoms with Crippen LogP contribution in [0.25, 0.3) is 0 Å². The molecule has 23 heavy (non-hydrogen) atoms. The van der Waals surface area contributed by atoms with Gasteiger partial charge < -0.3 is 21.1 Å². The quantitative estimate of drug-likeness (QED) is 0.789. The van der Waals surface area contributed by atoms with Crippen LogP contribution in [0, 0.1) is 6.92 Å². The van der Waals surface area contributed by atoms with Crippen LogP contribution in [0.15, 0.2) is 12.1 Å². The molecule has 0 aromatic heterocycles. The van der Waals surface area contributed by atoms with Crippen molar-refractivity contribution in [1.82, 2.24) is 4.90 Å². The number of nitrogen functional groups attached to an aromatic ring is 1. The Hall–Kier alpha value is -1.75. The number of aryl methyl sites for hydroxylation is 1. The number of anilines is 1. The summed E-state index contributed by atoms with van der Waals surface area (Å²) in [6, 6.07) is 4.14. The molecule has 1 aliphatic heterocycles. The summed E-state index contributed by atoms with van der Waals surface area (Å²) < 4.78 is 5.83. The van der Waals surface area contributed by atoms with E-state index < -0.39 is 0 Å². The Kier molecular flexibility index (Phi) is 5.88. The third kappa shape index (κ3) is 4.86. The average molecular weight is 319 g/mol. The Balaban J connectivity index is 2.03. The van der Waals surface area contributed by atoms with Crippen LogP contribution < -0.4 is 16.2 Å². The zero-order valence-electron chi connectivity index (χ0n) is 14.5. The van der Waals surface area contributed by atoms with Crippen molar-refractivity contribution < 1.29 is 9.53 Å². The smallest absolute Gasteiger partial charge is 0.218 e. The molecule has 4 N–H and O–H groups in total. The van der Waals surface area contributed by atoms with E-state index in [9.17, 15) is 4.79 Å². The molecule has 5 heteroatoms. The molecule has 2 rings (SSSR count). The summed E-state index contributed by atoms with van der Waals surface area (Å²) in [5.74, 6) is 1.09. The lowest BCUT2D eigenvalue weighted by molar-refractivity contribution is -0.118. The molecule has 1 amide bonds. The predicted octanol–water partition coefficient (Wildman–Crippen LogP) is 2.42. The van der Waals surface area contributed by atoms with Crippen LogP contribution in [-0.4, -0.2) is 36.5 Å². The third-order valence-corrected chi connectivity index (χ3v) is 4.46.